The summed E-state index contributed by atoms with van der Waals surface area (Å²) in [6.45, 7) is 0.407. The normalized spacial score (nSPS) is 10.3. The first-order valence-corrected chi connectivity index (χ1v) is 5.47. The van der Waals surface area contributed by atoms with Crippen molar-refractivity contribution in [2.75, 3.05) is 11.5 Å². The Morgan fingerprint density at radius 3 is 2.56 bits per heavy atom. The molecule has 0 spiro atoms. The van der Waals surface area contributed by atoms with Crippen LogP contribution in [0.2, 0.25) is 0 Å². The maximum Gasteiger partial charge on any atom is 0.251 e. The fourth-order valence-corrected chi connectivity index (χ4v) is 1.66. The summed E-state index contributed by atoms with van der Waals surface area (Å²) in [6, 6.07) is 6.63. The molecule has 0 saturated heterocycles. The highest BCUT2D eigenvalue weighted by molar-refractivity contribution is 5.96. The van der Waals surface area contributed by atoms with Gasteiger partial charge in [-0.15, -0.1) is 0 Å². The second-order valence-corrected chi connectivity index (χ2v) is 4.02. The molecule has 0 saturated carbocycles. The van der Waals surface area contributed by atoms with Crippen LogP contribution in [-0.4, -0.2) is 15.7 Å². The predicted molar refractivity (Wildman–Crippen MR) is 69.6 cm³/mol. The number of nitrogen functional groups attached to an aromatic ring is 2. The van der Waals surface area contributed by atoms with Gasteiger partial charge in [0.1, 0.15) is 0 Å². The van der Waals surface area contributed by atoms with Crippen LogP contribution in [0.15, 0.2) is 30.5 Å². The van der Waals surface area contributed by atoms with Crippen LogP contribution in [0.1, 0.15) is 16.1 Å². The number of carbonyl (C=O) groups excluding carboxylic acids is 1. The third kappa shape index (κ3) is 2.60. The van der Waals surface area contributed by atoms with Crippen LogP contribution >= 0.6 is 0 Å². The predicted octanol–water partition coefficient (Wildman–Crippen LogP) is 0.514. The number of anilines is 2. The van der Waals surface area contributed by atoms with Crippen molar-refractivity contribution >= 4 is 17.3 Å². The Hall–Kier alpha value is -2.50. The largest absolute Gasteiger partial charge is 0.399 e. The number of nitrogens with zero attached hydrogens (tertiary/aromatic N) is 2. The quantitative estimate of drug-likeness (QED) is 0.686. The van der Waals surface area contributed by atoms with Gasteiger partial charge in [0, 0.05) is 30.2 Å². The number of hydrogen-bond acceptors (Lipinski definition) is 4. The summed E-state index contributed by atoms with van der Waals surface area (Å²) in [5.41, 5.74) is 13.6. The molecule has 0 aliphatic rings. The van der Waals surface area contributed by atoms with Crippen molar-refractivity contribution in [3.05, 3.63) is 41.7 Å². The number of aromatic nitrogens is 2. The Labute approximate surface area is 105 Å². The van der Waals surface area contributed by atoms with Gasteiger partial charge in [-0.05, 0) is 24.3 Å². The average Bonchev–Trinajstić information content (AvgIpc) is 2.70. The SMILES string of the molecule is Cn1nccc1CNC(=O)c1cc(N)cc(N)c1. The highest BCUT2D eigenvalue weighted by atomic mass is 16.1. The van der Waals surface area contributed by atoms with Crippen molar-refractivity contribution in [2.45, 2.75) is 6.54 Å². The summed E-state index contributed by atoms with van der Waals surface area (Å²) in [6.07, 6.45) is 1.68. The molecule has 5 N–H and O–H groups in total. The number of hydrogen-bond donors (Lipinski definition) is 3. The molecule has 2 rings (SSSR count). The Kier molecular flexibility index (Phi) is 3.18. The maximum atomic E-state index is 11.9. The zero-order valence-electron chi connectivity index (χ0n) is 10.1. The van der Waals surface area contributed by atoms with E-state index >= 15 is 0 Å². The van der Waals surface area contributed by atoms with Gasteiger partial charge in [-0.3, -0.25) is 9.48 Å². The second kappa shape index (κ2) is 4.79. The van der Waals surface area contributed by atoms with Crippen molar-refractivity contribution in [1.29, 1.82) is 0 Å². The van der Waals surface area contributed by atoms with E-state index in [0.29, 0.717) is 23.5 Å². The van der Waals surface area contributed by atoms with Crippen LogP contribution in [0, 0.1) is 0 Å². The first-order chi connectivity index (χ1) is 8.56. The number of benzene rings is 1. The van der Waals surface area contributed by atoms with Crippen molar-refractivity contribution in [1.82, 2.24) is 15.1 Å². The first-order valence-electron chi connectivity index (χ1n) is 5.47. The van der Waals surface area contributed by atoms with Crippen molar-refractivity contribution in [3.8, 4) is 0 Å². The number of nitrogens with two attached hydrogens (primary N) is 2. The summed E-state index contributed by atoms with van der Waals surface area (Å²) in [7, 11) is 1.82. The van der Waals surface area contributed by atoms with E-state index in [9.17, 15) is 4.79 Å². The van der Waals surface area contributed by atoms with E-state index in [0.717, 1.165) is 5.69 Å². The van der Waals surface area contributed by atoms with Gasteiger partial charge in [0.05, 0.1) is 12.2 Å². The Balaban J connectivity index is 2.06. The zero-order chi connectivity index (χ0) is 13.1. The number of aryl methyl sites for hydroxylation is 1. The molecular weight excluding hydrogens is 230 g/mol. The van der Waals surface area contributed by atoms with Gasteiger partial charge in [-0.2, -0.15) is 5.10 Å². The van der Waals surface area contributed by atoms with E-state index in [4.69, 9.17) is 11.5 Å². The lowest BCUT2D eigenvalue weighted by Gasteiger charge is -2.07. The van der Waals surface area contributed by atoms with Gasteiger partial charge >= 0.3 is 0 Å². The second-order valence-electron chi connectivity index (χ2n) is 4.02. The lowest BCUT2D eigenvalue weighted by atomic mass is 10.1. The Morgan fingerprint density at radius 1 is 1.33 bits per heavy atom. The molecule has 0 unspecified atom stereocenters. The number of nitrogens with one attached hydrogen (secondary N) is 1. The van der Waals surface area contributed by atoms with Crippen LogP contribution in [0.4, 0.5) is 11.4 Å². The van der Waals surface area contributed by atoms with Crippen molar-refractivity contribution in [2.24, 2.45) is 7.05 Å². The molecule has 0 radical (unpaired) electrons. The lowest BCUT2D eigenvalue weighted by molar-refractivity contribution is 0.0950. The molecule has 0 bridgehead atoms. The summed E-state index contributed by atoms with van der Waals surface area (Å²) >= 11 is 0. The third-order valence-electron chi connectivity index (χ3n) is 2.59. The Bertz CT molecular complexity index is 555. The molecule has 1 heterocycles. The number of carbonyl (C=O) groups is 1. The lowest BCUT2D eigenvalue weighted by Crippen LogP contribution is -2.24. The van der Waals surface area contributed by atoms with E-state index in [2.05, 4.69) is 10.4 Å². The minimum atomic E-state index is -0.213. The van der Waals surface area contributed by atoms with Gasteiger partial charge in [0.15, 0.2) is 0 Å². The van der Waals surface area contributed by atoms with Crippen molar-refractivity contribution in [3.63, 3.8) is 0 Å². The molecule has 1 aromatic carbocycles. The smallest absolute Gasteiger partial charge is 0.251 e. The highest BCUT2D eigenvalue weighted by Crippen LogP contribution is 2.13. The van der Waals surface area contributed by atoms with Gasteiger partial charge in [0.25, 0.3) is 5.91 Å². The average molecular weight is 245 g/mol. The van der Waals surface area contributed by atoms with Gasteiger partial charge in [0.2, 0.25) is 0 Å². The summed E-state index contributed by atoms with van der Waals surface area (Å²) in [5, 5.41) is 6.81. The summed E-state index contributed by atoms with van der Waals surface area (Å²) in [4.78, 5) is 11.9. The zero-order valence-corrected chi connectivity index (χ0v) is 10.1. The van der Waals surface area contributed by atoms with Crippen LogP contribution in [-0.2, 0) is 13.6 Å². The number of amides is 1. The van der Waals surface area contributed by atoms with E-state index in [1.54, 1.807) is 29.1 Å². The van der Waals surface area contributed by atoms with Crippen molar-refractivity contribution < 1.29 is 4.79 Å². The van der Waals surface area contributed by atoms with E-state index < -0.39 is 0 Å². The Morgan fingerprint density at radius 2 is 2.00 bits per heavy atom. The van der Waals surface area contributed by atoms with E-state index in [-0.39, 0.29) is 5.91 Å². The molecule has 6 nitrogen and oxygen atoms in total. The summed E-state index contributed by atoms with van der Waals surface area (Å²) < 4.78 is 1.70. The standard InChI is InChI=1S/C12H15N5O/c1-17-11(2-3-16-17)7-15-12(18)8-4-9(13)6-10(14)5-8/h2-6H,7,13-14H2,1H3,(H,15,18). The number of rotatable bonds is 3. The van der Waals surface area contributed by atoms with E-state index in [1.807, 2.05) is 13.1 Å². The minimum absolute atomic E-state index is 0.213. The van der Waals surface area contributed by atoms with Crippen LogP contribution in [0.5, 0.6) is 0 Å². The molecule has 6 heteroatoms. The fourth-order valence-electron chi connectivity index (χ4n) is 1.66. The third-order valence-corrected chi connectivity index (χ3v) is 2.59. The highest BCUT2D eigenvalue weighted by Gasteiger charge is 2.08. The molecule has 0 fully saturated rings. The molecule has 0 aliphatic carbocycles. The molecule has 2 aromatic rings. The molecule has 18 heavy (non-hydrogen) atoms. The maximum absolute atomic E-state index is 11.9. The fraction of sp³-hybridized carbons (Fsp3) is 0.167. The first kappa shape index (κ1) is 12.0. The van der Waals surface area contributed by atoms with Gasteiger partial charge in [-0.25, -0.2) is 0 Å². The topological polar surface area (TPSA) is 99.0 Å². The van der Waals surface area contributed by atoms with Crippen LogP contribution in [0.25, 0.3) is 0 Å². The molecule has 0 aliphatic heterocycles. The van der Waals surface area contributed by atoms with E-state index in [1.165, 1.54) is 0 Å². The van der Waals surface area contributed by atoms with Gasteiger partial charge < -0.3 is 16.8 Å². The minimum Gasteiger partial charge on any atom is -0.399 e. The van der Waals surface area contributed by atoms with Crippen LogP contribution in [0.3, 0.4) is 0 Å². The molecule has 94 valence electrons. The molecule has 1 aromatic heterocycles. The monoisotopic (exact) mass is 245 g/mol. The van der Waals surface area contributed by atoms with Gasteiger partial charge in [-0.1, -0.05) is 0 Å². The van der Waals surface area contributed by atoms with Crippen LogP contribution < -0.4 is 16.8 Å². The molecule has 0 atom stereocenters. The molecule has 1 amide bonds. The molecular formula is C12H15N5O. The summed E-state index contributed by atoms with van der Waals surface area (Å²) in [5.74, 6) is -0.213.